The number of para-hydroxylation sites is 1. The van der Waals surface area contributed by atoms with Crippen LogP contribution in [-0.4, -0.2) is 52.3 Å². The standard InChI is InChI=1S/C34H37N3O5/c1-23-7-5-8-26(21-23)33(38)37-30(34(39)36-20-19-35-27-15-17-28(40-2)18-16-27)22-24-11-13-25(14-12-24)29-9-6-10-31(41-3)32(29)42-4/h5-18,21,30,35H,19-20,22H2,1-4H3,(H,36,39)(H,37,38). The van der Waals surface area contributed by atoms with Gasteiger partial charge in [0.25, 0.3) is 5.91 Å². The second-order valence-corrected chi connectivity index (χ2v) is 9.78. The Labute approximate surface area is 247 Å². The molecule has 0 aliphatic rings. The molecule has 0 aliphatic carbocycles. The van der Waals surface area contributed by atoms with E-state index in [4.69, 9.17) is 14.2 Å². The molecule has 8 nitrogen and oxygen atoms in total. The molecule has 0 saturated carbocycles. The van der Waals surface area contributed by atoms with Gasteiger partial charge in [0.2, 0.25) is 5.91 Å². The minimum atomic E-state index is -0.767. The van der Waals surface area contributed by atoms with Gasteiger partial charge in [-0.3, -0.25) is 9.59 Å². The molecular weight excluding hydrogens is 530 g/mol. The number of methoxy groups -OCH3 is 3. The van der Waals surface area contributed by atoms with Gasteiger partial charge < -0.3 is 30.2 Å². The van der Waals surface area contributed by atoms with Crippen molar-refractivity contribution in [2.24, 2.45) is 0 Å². The van der Waals surface area contributed by atoms with Crippen LogP contribution in [0.3, 0.4) is 0 Å². The molecule has 0 aliphatic heterocycles. The molecule has 1 atom stereocenters. The maximum Gasteiger partial charge on any atom is 0.251 e. The van der Waals surface area contributed by atoms with Crippen LogP contribution in [0.25, 0.3) is 11.1 Å². The maximum absolute atomic E-state index is 13.3. The molecular formula is C34H37N3O5. The van der Waals surface area contributed by atoms with Crippen molar-refractivity contribution in [2.75, 3.05) is 39.7 Å². The number of ether oxygens (including phenoxy) is 3. The van der Waals surface area contributed by atoms with Gasteiger partial charge in [0, 0.05) is 36.3 Å². The third-order valence-electron chi connectivity index (χ3n) is 6.85. The molecule has 0 bridgehead atoms. The highest BCUT2D eigenvalue weighted by atomic mass is 16.5. The van der Waals surface area contributed by atoms with Crippen LogP contribution in [0.5, 0.6) is 17.2 Å². The number of carbonyl (C=O) groups is 2. The largest absolute Gasteiger partial charge is 0.497 e. The SMILES string of the molecule is COc1ccc(NCCNC(=O)C(Cc2ccc(-c3cccc(OC)c3OC)cc2)NC(=O)c2cccc(C)c2)cc1. The first-order chi connectivity index (χ1) is 20.4. The number of aryl methyl sites for hydroxylation is 1. The molecule has 0 spiro atoms. The van der Waals surface area contributed by atoms with Gasteiger partial charge in [-0.2, -0.15) is 0 Å². The molecule has 0 saturated heterocycles. The van der Waals surface area contributed by atoms with Gasteiger partial charge in [-0.25, -0.2) is 0 Å². The second-order valence-electron chi connectivity index (χ2n) is 9.78. The summed E-state index contributed by atoms with van der Waals surface area (Å²) in [5.74, 6) is 1.52. The van der Waals surface area contributed by atoms with Crippen LogP contribution in [-0.2, 0) is 11.2 Å². The number of anilines is 1. The van der Waals surface area contributed by atoms with Gasteiger partial charge >= 0.3 is 0 Å². The molecule has 4 rings (SSSR count). The lowest BCUT2D eigenvalue weighted by molar-refractivity contribution is -0.122. The highest BCUT2D eigenvalue weighted by molar-refractivity contribution is 5.97. The van der Waals surface area contributed by atoms with Crippen molar-refractivity contribution in [2.45, 2.75) is 19.4 Å². The topological polar surface area (TPSA) is 97.9 Å². The van der Waals surface area contributed by atoms with E-state index in [0.29, 0.717) is 36.6 Å². The molecule has 42 heavy (non-hydrogen) atoms. The highest BCUT2D eigenvalue weighted by Gasteiger charge is 2.22. The second kappa shape index (κ2) is 14.6. The zero-order valence-electron chi connectivity index (χ0n) is 24.4. The fourth-order valence-corrected chi connectivity index (χ4v) is 4.63. The van der Waals surface area contributed by atoms with E-state index in [-0.39, 0.29) is 11.8 Å². The van der Waals surface area contributed by atoms with Crippen molar-refractivity contribution in [3.63, 3.8) is 0 Å². The molecule has 0 radical (unpaired) electrons. The minimum Gasteiger partial charge on any atom is -0.497 e. The van der Waals surface area contributed by atoms with Crippen molar-refractivity contribution in [1.82, 2.24) is 10.6 Å². The van der Waals surface area contributed by atoms with Gasteiger partial charge in [-0.15, -0.1) is 0 Å². The summed E-state index contributed by atoms with van der Waals surface area (Å²) in [6.07, 6.45) is 0.324. The summed E-state index contributed by atoms with van der Waals surface area (Å²) < 4.78 is 16.2. The summed E-state index contributed by atoms with van der Waals surface area (Å²) in [5.41, 5.74) is 5.15. The molecule has 0 fully saturated rings. The summed E-state index contributed by atoms with van der Waals surface area (Å²) in [6.45, 7) is 2.83. The molecule has 0 aromatic heterocycles. The number of rotatable bonds is 13. The summed E-state index contributed by atoms with van der Waals surface area (Å²) in [7, 11) is 4.84. The van der Waals surface area contributed by atoms with Crippen LogP contribution >= 0.6 is 0 Å². The summed E-state index contributed by atoms with van der Waals surface area (Å²) in [4.78, 5) is 26.4. The minimum absolute atomic E-state index is 0.258. The Morgan fingerprint density at radius 1 is 0.786 bits per heavy atom. The van der Waals surface area contributed by atoms with Gasteiger partial charge in [0.05, 0.1) is 21.3 Å². The molecule has 8 heteroatoms. The molecule has 4 aromatic rings. The fourth-order valence-electron chi connectivity index (χ4n) is 4.63. The van der Waals surface area contributed by atoms with Crippen LogP contribution in [0.1, 0.15) is 21.5 Å². The molecule has 1 unspecified atom stereocenters. The van der Waals surface area contributed by atoms with Crippen molar-refractivity contribution in [3.05, 3.63) is 108 Å². The Bertz CT molecular complexity index is 1490. The third kappa shape index (κ3) is 7.81. The lowest BCUT2D eigenvalue weighted by atomic mass is 9.99. The first-order valence-corrected chi connectivity index (χ1v) is 13.7. The van der Waals surface area contributed by atoms with Gasteiger partial charge in [0.15, 0.2) is 11.5 Å². The van der Waals surface area contributed by atoms with Crippen molar-refractivity contribution in [3.8, 4) is 28.4 Å². The van der Waals surface area contributed by atoms with E-state index in [1.54, 1.807) is 33.5 Å². The lowest BCUT2D eigenvalue weighted by Gasteiger charge is -2.20. The number of nitrogens with one attached hydrogen (secondary N) is 3. The summed E-state index contributed by atoms with van der Waals surface area (Å²) in [6, 6.07) is 27.7. The smallest absolute Gasteiger partial charge is 0.251 e. The third-order valence-corrected chi connectivity index (χ3v) is 6.85. The zero-order chi connectivity index (χ0) is 29.9. The van der Waals surface area contributed by atoms with Crippen LogP contribution < -0.4 is 30.2 Å². The quantitative estimate of drug-likeness (QED) is 0.191. The van der Waals surface area contributed by atoms with Gasteiger partial charge in [-0.05, 0) is 60.5 Å². The molecule has 0 heterocycles. The first kappa shape index (κ1) is 30.0. The lowest BCUT2D eigenvalue weighted by Crippen LogP contribution is -2.48. The predicted octanol–water partition coefficient (Wildman–Crippen LogP) is 5.26. The normalized spacial score (nSPS) is 11.2. The Morgan fingerprint density at radius 3 is 2.19 bits per heavy atom. The Hall–Kier alpha value is -4.98. The van der Waals surface area contributed by atoms with E-state index in [2.05, 4.69) is 16.0 Å². The van der Waals surface area contributed by atoms with E-state index in [0.717, 1.165) is 33.7 Å². The van der Waals surface area contributed by atoms with Crippen LogP contribution in [0, 0.1) is 6.92 Å². The Balaban J connectivity index is 1.46. The van der Waals surface area contributed by atoms with E-state index in [1.165, 1.54) is 0 Å². The molecule has 2 amide bonds. The van der Waals surface area contributed by atoms with E-state index >= 15 is 0 Å². The Morgan fingerprint density at radius 2 is 1.52 bits per heavy atom. The van der Waals surface area contributed by atoms with Crippen LogP contribution in [0.15, 0.2) is 91.0 Å². The van der Waals surface area contributed by atoms with Crippen molar-refractivity contribution in [1.29, 1.82) is 0 Å². The first-order valence-electron chi connectivity index (χ1n) is 13.7. The van der Waals surface area contributed by atoms with E-state index < -0.39 is 6.04 Å². The monoisotopic (exact) mass is 567 g/mol. The molecule has 3 N–H and O–H groups in total. The van der Waals surface area contributed by atoms with Gasteiger partial charge in [-0.1, -0.05) is 54.1 Å². The number of hydrogen-bond donors (Lipinski definition) is 3. The van der Waals surface area contributed by atoms with Crippen molar-refractivity contribution >= 4 is 17.5 Å². The Kier molecular flexibility index (Phi) is 10.4. The van der Waals surface area contributed by atoms with Crippen molar-refractivity contribution < 1.29 is 23.8 Å². The van der Waals surface area contributed by atoms with Crippen LogP contribution in [0.4, 0.5) is 5.69 Å². The highest BCUT2D eigenvalue weighted by Crippen LogP contribution is 2.37. The maximum atomic E-state index is 13.3. The van der Waals surface area contributed by atoms with Crippen LogP contribution in [0.2, 0.25) is 0 Å². The fraction of sp³-hybridized carbons (Fsp3) is 0.235. The number of benzene rings is 4. The average molecular weight is 568 g/mol. The zero-order valence-corrected chi connectivity index (χ0v) is 24.4. The van der Waals surface area contributed by atoms with E-state index in [1.807, 2.05) is 85.8 Å². The molecule has 218 valence electrons. The van der Waals surface area contributed by atoms with E-state index in [9.17, 15) is 9.59 Å². The summed E-state index contributed by atoms with van der Waals surface area (Å²) >= 11 is 0. The number of hydrogen-bond acceptors (Lipinski definition) is 6. The average Bonchev–Trinajstić information content (AvgIpc) is 3.02. The number of amides is 2. The van der Waals surface area contributed by atoms with Gasteiger partial charge in [0.1, 0.15) is 11.8 Å². The summed E-state index contributed by atoms with van der Waals surface area (Å²) in [5, 5.41) is 9.17. The predicted molar refractivity (Wildman–Crippen MR) is 166 cm³/mol. The number of carbonyl (C=O) groups excluding carboxylic acids is 2. The molecule has 4 aromatic carbocycles.